The molecule has 5 aromatic rings. The fraction of sp³-hybridized carbons (Fsp3) is 0.172. The van der Waals surface area contributed by atoms with Crippen LogP contribution in [-0.4, -0.2) is 30.7 Å². The van der Waals surface area contributed by atoms with Crippen molar-refractivity contribution < 1.29 is 27.2 Å². The molecule has 0 aliphatic carbocycles. The summed E-state index contributed by atoms with van der Waals surface area (Å²) < 4.78 is 60.8. The molecule has 0 saturated carbocycles. The van der Waals surface area contributed by atoms with Crippen LogP contribution in [0.25, 0.3) is 27.8 Å². The number of benzene rings is 3. The van der Waals surface area contributed by atoms with Crippen molar-refractivity contribution in [1.29, 1.82) is 0 Å². The van der Waals surface area contributed by atoms with Gasteiger partial charge in [-0.3, -0.25) is 9.59 Å². The van der Waals surface area contributed by atoms with Crippen molar-refractivity contribution in [3.8, 4) is 16.9 Å². The van der Waals surface area contributed by atoms with E-state index >= 15 is 0 Å². The number of carbonyl (C=O) groups excluding carboxylic acids is 2. The zero-order chi connectivity index (χ0) is 30.5. The molecule has 0 radical (unpaired) electrons. The molecule has 0 aliphatic rings. The molecule has 0 fully saturated rings. The number of primary amides is 1. The highest BCUT2D eigenvalue weighted by Gasteiger charge is 2.33. The van der Waals surface area contributed by atoms with E-state index in [9.17, 15) is 31.9 Å². The van der Waals surface area contributed by atoms with Gasteiger partial charge in [0, 0.05) is 24.7 Å². The molecule has 0 spiro atoms. The number of anilines is 1. The lowest BCUT2D eigenvalue weighted by molar-refractivity contribution is -0.137. The molecule has 0 unspecified atom stereocenters. The molecule has 0 bridgehead atoms. The largest absolute Gasteiger partial charge is 0.416 e. The number of aromatic nitrogens is 4. The minimum absolute atomic E-state index is 0.140. The molecule has 216 valence electrons. The Hall–Kier alpha value is -5.20. The molecule has 0 saturated heterocycles. The van der Waals surface area contributed by atoms with Crippen LogP contribution in [0.2, 0.25) is 0 Å². The van der Waals surface area contributed by atoms with E-state index in [1.165, 1.54) is 34.5 Å². The number of nitrogens with two attached hydrogens (primary N) is 1. The quantitative estimate of drug-likeness (QED) is 0.274. The van der Waals surface area contributed by atoms with Crippen LogP contribution in [0.5, 0.6) is 0 Å². The number of nitrogens with zero attached hydrogens (tertiary/aromatic N) is 4. The molecular weight excluding hydrogens is 556 g/mol. The van der Waals surface area contributed by atoms with E-state index in [4.69, 9.17) is 5.73 Å². The topological polar surface area (TPSA) is 117 Å². The van der Waals surface area contributed by atoms with Crippen molar-refractivity contribution in [3.05, 3.63) is 99.5 Å². The predicted octanol–water partition coefficient (Wildman–Crippen LogP) is 5.03. The standard InChI is InChI=1S/C29H24F4N6O3/c1-4-38-23(16-8-10-19(11-9-16)39-15(2)36-37(3)28(39)42)13-17-12-18(29(31,32)33)14-21(25(17)38)27(41)35-22-7-5-6-20(24(22)30)26(34)40/h5-14H,4H2,1-3H3,(H2,34,40)(H,35,41). The number of hydrogen-bond acceptors (Lipinski definition) is 4. The summed E-state index contributed by atoms with van der Waals surface area (Å²) in [6, 6.07) is 13.6. The molecular formula is C29H24F4N6O3. The summed E-state index contributed by atoms with van der Waals surface area (Å²) in [5, 5.41) is 6.54. The number of nitrogens with one attached hydrogen (secondary N) is 1. The van der Waals surface area contributed by atoms with Crippen LogP contribution < -0.4 is 16.7 Å². The monoisotopic (exact) mass is 580 g/mol. The number of rotatable bonds is 6. The highest BCUT2D eigenvalue weighted by molar-refractivity contribution is 6.13. The van der Waals surface area contributed by atoms with Crippen molar-refractivity contribution in [2.45, 2.75) is 26.6 Å². The minimum Gasteiger partial charge on any atom is -0.366 e. The van der Waals surface area contributed by atoms with Crippen molar-refractivity contribution in [2.75, 3.05) is 5.32 Å². The Morgan fingerprint density at radius 1 is 1.02 bits per heavy atom. The first kappa shape index (κ1) is 28.3. The Morgan fingerprint density at radius 2 is 1.71 bits per heavy atom. The molecule has 2 heterocycles. The van der Waals surface area contributed by atoms with Gasteiger partial charge in [0.1, 0.15) is 5.82 Å². The summed E-state index contributed by atoms with van der Waals surface area (Å²) in [5.41, 5.74) is 4.44. The second kappa shape index (κ2) is 10.3. The lowest BCUT2D eigenvalue weighted by atomic mass is 10.0. The van der Waals surface area contributed by atoms with E-state index in [-0.39, 0.29) is 28.7 Å². The van der Waals surface area contributed by atoms with Gasteiger partial charge in [0.2, 0.25) is 0 Å². The van der Waals surface area contributed by atoms with Gasteiger partial charge in [0.05, 0.1) is 33.6 Å². The van der Waals surface area contributed by atoms with Crippen LogP contribution in [0.3, 0.4) is 0 Å². The summed E-state index contributed by atoms with van der Waals surface area (Å²) in [7, 11) is 1.53. The zero-order valence-electron chi connectivity index (χ0n) is 22.6. The average Bonchev–Trinajstić information content (AvgIpc) is 3.43. The van der Waals surface area contributed by atoms with Crippen LogP contribution in [0, 0.1) is 12.7 Å². The van der Waals surface area contributed by atoms with Crippen molar-refractivity contribution in [1.82, 2.24) is 18.9 Å². The SMILES string of the molecule is CCn1c(-c2ccc(-n3c(C)nn(C)c3=O)cc2)cc2cc(C(F)(F)F)cc(C(=O)Nc3cccc(C(N)=O)c3F)c21. The normalized spacial score (nSPS) is 11.7. The molecule has 9 nitrogen and oxygen atoms in total. The number of carbonyl (C=O) groups is 2. The average molecular weight is 581 g/mol. The second-order valence-electron chi connectivity index (χ2n) is 9.55. The zero-order valence-corrected chi connectivity index (χ0v) is 22.6. The smallest absolute Gasteiger partial charge is 0.366 e. The Labute approximate surface area is 235 Å². The summed E-state index contributed by atoms with van der Waals surface area (Å²) in [6.07, 6.45) is -4.77. The lowest BCUT2D eigenvalue weighted by Crippen LogP contribution is -2.21. The third-order valence-corrected chi connectivity index (χ3v) is 6.90. The fourth-order valence-electron chi connectivity index (χ4n) is 4.99. The number of aryl methyl sites for hydroxylation is 3. The Bertz CT molecular complexity index is 1930. The fourth-order valence-corrected chi connectivity index (χ4v) is 4.99. The molecule has 3 N–H and O–H groups in total. The molecule has 0 atom stereocenters. The molecule has 2 aromatic heterocycles. The molecule has 3 aromatic carbocycles. The second-order valence-corrected chi connectivity index (χ2v) is 9.55. The maximum absolute atomic E-state index is 14.8. The summed E-state index contributed by atoms with van der Waals surface area (Å²) in [5.74, 6) is -2.70. The number of amides is 2. The van der Waals surface area contributed by atoms with Gasteiger partial charge in [0.25, 0.3) is 11.8 Å². The van der Waals surface area contributed by atoms with Crippen LogP contribution >= 0.6 is 0 Å². The van der Waals surface area contributed by atoms with Crippen molar-refractivity contribution in [2.24, 2.45) is 12.8 Å². The Kier molecular flexibility index (Phi) is 6.97. The van der Waals surface area contributed by atoms with E-state index in [0.29, 0.717) is 28.8 Å². The molecule has 0 aliphatic heterocycles. The highest BCUT2D eigenvalue weighted by Crippen LogP contribution is 2.37. The van der Waals surface area contributed by atoms with Crippen LogP contribution in [0.1, 0.15) is 39.0 Å². The van der Waals surface area contributed by atoms with Gasteiger partial charge in [-0.2, -0.15) is 18.3 Å². The van der Waals surface area contributed by atoms with Crippen LogP contribution in [-0.2, 0) is 19.8 Å². The van der Waals surface area contributed by atoms with E-state index in [1.54, 1.807) is 42.7 Å². The summed E-state index contributed by atoms with van der Waals surface area (Å²) in [4.78, 5) is 37.4. The summed E-state index contributed by atoms with van der Waals surface area (Å²) >= 11 is 0. The van der Waals surface area contributed by atoms with Crippen molar-refractivity contribution >= 4 is 28.4 Å². The van der Waals surface area contributed by atoms with Crippen molar-refractivity contribution in [3.63, 3.8) is 0 Å². The highest BCUT2D eigenvalue weighted by atomic mass is 19.4. The molecule has 2 amide bonds. The Balaban J connectivity index is 1.65. The molecule has 5 rings (SSSR count). The summed E-state index contributed by atoms with van der Waals surface area (Å²) in [6.45, 7) is 3.73. The van der Waals surface area contributed by atoms with Gasteiger partial charge in [-0.05, 0) is 61.9 Å². The van der Waals surface area contributed by atoms with Gasteiger partial charge < -0.3 is 15.6 Å². The number of halogens is 4. The van der Waals surface area contributed by atoms with Crippen LogP contribution in [0.15, 0.2) is 65.5 Å². The maximum atomic E-state index is 14.8. The maximum Gasteiger partial charge on any atom is 0.416 e. The first-order valence-electron chi connectivity index (χ1n) is 12.7. The van der Waals surface area contributed by atoms with Gasteiger partial charge in [-0.25, -0.2) is 18.4 Å². The van der Waals surface area contributed by atoms with Gasteiger partial charge in [-0.1, -0.05) is 18.2 Å². The van der Waals surface area contributed by atoms with E-state index in [1.807, 2.05) is 0 Å². The number of hydrogen-bond donors (Lipinski definition) is 2. The number of alkyl halides is 3. The Morgan fingerprint density at radius 3 is 2.29 bits per heavy atom. The molecule has 42 heavy (non-hydrogen) atoms. The number of fused-ring (bicyclic) bond motifs is 1. The first-order valence-corrected chi connectivity index (χ1v) is 12.7. The first-order chi connectivity index (χ1) is 19.8. The minimum atomic E-state index is -4.77. The predicted molar refractivity (Wildman–Crippen MR) is 148 cm³/mol. The van der Waals surface area contributed by atoms with Crippen LogP contribution in [0.4, 0.5) is 23.2 Å². The third-order valence-electron chi connectivity index (χ3n) is 6.90. The third kappa shape index (κ3) is 4.82. The van der Waals surface area contributed by atoms with Gasteiger partial charge >= 0.3 is 11.9 Å². The van der Waals surface area contributed by atoms with E-state index < -0.39 is 40.6 Å². The van der Waals surface area contributed by atoms with Gasteiger partial charge in [0.15, 0.2) is 5.82 Å². The van der Waals surface area contributed by atoms with E-state index in [0.717, 1.165) is 12.1 Å². The van der Waals surface area contributed by atoms with E-state index in [2.05, 4.69) is 10.4 Å². The van der Waals surface area contributed by atoms with Gasteiger partial charge in [-0.15, -0.1) is 0 Å². The lowest BCUT2D eigenvalue weighted by Gasteiger charge is -2.15. The molecule has 13 heteroatoms.